The summed E-state index contributed by atoms with van der Waals surface area (Å²) in [4.78, 5) is 57.5. The van der Waals surface area contributed by atoms with E-state index in [1.165, 1.54) is 0 Å². The lowest BCUT2D eigenvalue weighted by Crippen LogP contribution is -2.20. The highest BCUT2D eigenvalue weighted by Crippen LogP contribution is 2.33. The van der Waals surface area contributed by atoms with Crippen molar-refractivity contribution >= 4 is 51.3 Å². The number of carbonyl (C=O) groups excluding carboxylic acids is 2. The highest BCUT2D eigenvalue weighted by atomic mass is 16.6. The number of rotatable bonds is 12. The normalized spacial score (nSPS) is 11.9. The van der Waals surface area contributed by atoms with Crippen molar-refractivity contribution in [3.05, 3.63) is 73.8 Å². The van der Waals surface area contributed by atoms with Crippen molar-refractivity contribution in [1.82, 2.24) is 14.5 Å². The second-order valence-corrected chi connectivity index (χ2v) is 9.56. The van der Waals surface area contributed by atoms with E-state index in [1.54, 1.807) is 29.7 Å². The molecule has 4 aromatic rings. The molecule has 1 atom stereocenters. The Kier molecular flexibility index (Phi) is 8.85. The van der Waals surface area contributed by atoms with Gasteiger partial charge in [-0.25, -0.2) is 14.8 Å². The number of amides is 1. The molecule has 0 aliphatic heterocycles. The molecule has 0 saturated heterocycles. The van der Waals surface area contributed by atoms with Crippen LogP contribution in [-0.4, -0.2) is 42.9 Å². The summed E-state index contributed by atoms with van der Waals surface area (Å²) in [6, 6.07) is 9.82. The van der Waals surface area contributed by atoms with E-state index in [2.05, 4.69) is 19.2 Å². The third-order valence-corrected chi connectivity index (χ3v) is 6.83. The summed E-state index contributed by atoms with van der Waals surface area (Å²) in [5.74, 6) is -1.38. The zero-order valence-corrected chi connectivity index (χ0v) is 23.0. The molecular weight excluding hydrogens is 532 g/mol. The van der Waals surface area contributed by atoms with E-state index >= 15 is 0 Å². The van der Waals surface area contributed by atoms with Gasteiger partial charge in [-0.3, -0.25) is 25.0 Å². The van der Waals surface area contributed by atoms with E-state index in [0.717, 1.165) is 43.9 Å². The molecule has 13 nitrogen and oxygen atoms in total. The number of ether oxygens (including phenoxy) is 1. The van der Waals surface area contributed by atoms with E-state index in [0.29, 0.717) is 23.2 Å². The standard InChI is InChI=1S/C28H30N6O7/c1-4-7-10-17(5-2)16-32-25(31-27(35)18-13-19(33(37)38)15-20(14-18)34(39)40)23(28(36)41-6-3)24-26(32)30-22-12-9-8-11-21(22)29-24/h8-9,11-15,17H,4-7,10,16H2,1-3H3,(H,31,35). The van der Waals surface area contributed by atoms with Crippen molar-refractivity contribution in [3.63, 3.8) is 0 Å². The van der Waals surface area contributed by atoms with Gasteiger partial charge >= 0.3 is 5.97 Å². The first kappa shape index (κ1) is 29.1. The monoisotopic (exact) mass is 562 g/mol. The van der Waals surface area contributed by atoms with Gasteiger partial charge < -0.3 is 14.6 Å². The number of esters is 1. The molecule has 0 radical (unpaired) electrons. The van der Waals surface area contributed by atoms with Gasteiger partial charge in [0.05, 0.1) is 39.1 Å². The van der Waals surface area contributed by atoms with E-state index in [1.807, 2.05) is 6.07 Å². The van der Waals surface area contributed by atoms with Crippen LogP contribution in [-0.2, 0) is 11.3 Å². The Labute approximate surface area is 234 Å². The molecule has 1 N–H and O–H groups in total. The van der Waals surface area contributed by atoms with Gasteiger partial charge in [0.1, 0.15) is 16.9 Å². The number of hydrogen-bond acceptors (Lipinski definition) is 9. The number of nitro groups is 2. The summed E-state index contributed by atoms with van der Waals surface area (Å²) >= 11 is 0. The molecule has 0 spiro atoms. The predicted molar refractivity (Wildman–Crippen MR) is 152 cm³/mol. The van der Waals surface area contributed by atoms with Crippen LogP contribution in [0, 0.1) is 26.1 Å². The molecule has 13 heteroatoms. The average molecular weight is 563 g/mol. The van der Waals surface area contributed by atoms with Gasteiger partial charge in [0.15, 0.2) is 5.65 Å². The number of fused-ring (bicyclic) bond motifs is 2. The van der Waals surface area contributed by atoms with Crippen molar-refractivity contribution in [2.45, 2.75) is 53.0 Å². The molecule has 2 aromatic carbocycles. The van der Waals surface area contributed by atoms with Gasteiger partial charge in [0.25, 0.3) is 17.3 Å². The maximum Gasteiger partial charge on any atom is 0.344 e. The number of benzene rings is 2. The molecule has 1 unspecified atom stereocenters. The molecule has 0 aliphatic carbocycles. The van der Waals surface area contributed by atoms with Crippen LogP contribution in [0.4, 0.5) is 17.2 Å². The highest BCUT2D eigenvalue weighted by molar-refractivity contribution is 6.14. The average Bonchev–Trinajstić information content (AvgIpc) is 3.24. The Hall–Kier alpha value is -4.94. The predicted octanol–water partition coefficient (Wildman–Crippen LogP) is 6.05. The minimum Gasteiger partial charge on any atom is -0.462 e. The van der Waals surface area contributed by atoms with Gasteiger partial charge in [-0.1, -0.05) is 45.2 Å². The first-order chi connectivity index (χ1) is 19.7. The minimum absolute atomic E-state index is 0.0151. The van der Waals surface area contributed by atoms with E-state index in [9.17, 15) is 29.8 Å². The molecule has 4 rings (SSSR count). The highest BCUT2D eigenvalue weighted by Gasteiger charge is 2.30. The first-order valence-corrected chi connectivity index (χ1v) is 13.4. The SMILES string of the molecule is CCCCC(CC)Cn1c(NC(=O)c2cc([N+](=O)[O-])cc([N+](=O)[O-])c2)c(C(=O)OCC)c2nc3ccccc3nc21. The summed E-state index contributed by atoms with van der Waals surface area (Å²) in [5.41, 5.74) is 0.150. The third-order valence-electron chi connectivity index (χ3n) is 6.83. The molecule has 0 fully saturated rings. The molecule has 2 aromatic heterocycles. The van der Waals surface area contributed by atoms with Gasteiger partial charge in [-0.15, -0.1) is 0 Å². The molecule has 0 aliphatic rings. The lowest BCUT2D eigenvalue weighted by molar-refractivity contribution is -0.394. The number of hydrogen-bond donors (Lipinski definition) is 1. The summed E-state index contributed by atoms with van der Waals surface area (Å²) in [7, 11) is 0. The molecule has 41 heavy (non-hydrogen) atoms. The van der Waals surface area contributed by atoms with Crippen LogP contribution in [0.1, 0.15) is 67.2 Å². The Morgan fingerprint density at radius 3 is 2.20 bits per heavy atom. The molecule has 0 bridgehead atoms. The number of unbranched alkanes of at least 4 members (excludes halogenated alkanes) is 1. The van der Waals surface area contributed by atoms with Crippen molar-refractivity contribution in [3.8, 4) is 0 Å². The smallest absolute Gasteiger partial charge is 0.344 e. The number of anilines is 1. The largest absolute Gasteiger partial charge is 0.462 e. The number of para-hydroxylation sites is 2. The fraction of sp³-hybridized carbons (Fsp3) is 0.357. The quantitative estimate of drug-likeness (QED) is 0.123. The van der Waals surface area contributed by atoms with Crippen molar-refractivity contribution in [1.29, 1.82) is 0 Å². The van der Waals surface area contributed by atoms with Crippen LogP contribution in [0.25, 0.3) is 22.2 Å². The summed E-state index contributed by atoms with van der Waals surface area (Å²) in [6.07, 6.45) is 3.69. The fourth-order valence-electron chi connectivity index (χ4n) is 4.70. The summed E-state index contributed by atoms with van der Waals surface area (Å²) < 4.78 is 7.05. The molecule has 1 amide bonds. The zero-order chi connectivity index (χ0) is 29.7. The minimum atomic E-state index is -0.877. The lowest BCUT2D eigenvalue weighted by Gasteiger charge is -2.19. The van der Waals surface area contributed by atoms with Crippen LogP contribution in [0.3, 0.4) is 0 Å². The number of nitrogens with one attached hydrogen (secondary N) is 1. The van der Waals surface area contributed by atoms with Gasteiger partial charge in [-0.2, -0.15) is 0 Å². The van der Waals surface area contributed by atoms with Crippen LogP contribution < -0.4 is 5.32 Å². The number of carbonyl (C=O) groups is 2. The molecule has 0 saturated carbocycles. The van der Waals surface area contributed by atoms with Gasteiger partial charge in [-0.05, 0) is 31.4 Å². The Balaban J connectivity index is 1.95. The van der Waals surface area contributed by atoms with Crippen LogP contribution in [0.5, 0.6) is 0 Å². The Morgan fingerprint density at radius 1 is 1.00 bits per heavy atom. The second kappa shape index (κ2) is 12.5. The van der Waals surface area contributed by atoms with Crippen molar-refractivity contribution < 1.29 is 24.2 Å². The maximum absolute atomic E-state index is 13.5. The molecular formula is C28H30N6O7. The van der Waals surface area contributed by atoms with Gasteiger partial charge in [0, 0.05) is 18.7 Å². The zero-order valence-electron chi connectivity index (χ0n) is 23.0. The van der Waals surface area contributed by atoms with Gasteiger partial charge in [0.2, 0.25) is 0 Å². The van der Waals surface area contributed by atoms with E-state index in [4.69, 9.17) is 14.7 Å². The third kappa shape index (κ3) is 6.13. The first-order valence-electron chi connectivity index (χ1n) is 13.4. The lowest BCUT2D eigenvalue weighted by atomic mass is 9.99. The van der Waals surface area contributed by atoms with Crippen LogP contribution in [0.15, 0.2) is 42.5 Å². The fourth-order valence-corrected chi connectivity index (χ4v) is 4.70. The van der Waals surface area contributed by atoms with Crippen molar-refractivity contribution in [2.75, 3.05) is 11.9 Å². The van der Waals surface area contributed by atoms with E-state index in [-0.39, 0.29) is 35.0 Å². The van der Waals surface area contributed by atoms with E-state index < -0.39 is 33.1 Å². The Bertz CT molecular complexity index is 1620. The maximum atomic E-state index is 13.5. The number of aromatic nitrogens is 3. The van der Waals surface area contributed by atoms with Crippen molar-refractivity contribution in [2.24, 2.45) is 5.92 Å². The Morgan fingerprint density at radius 2 is 1.63 bits per heavy atom. The molecule has 214 valence electrons. The molecule has 2 heterocycles. The number of nitro benzene ring substituents is 2. The second-order valence-electron chi connectivity index (χ2n) is 9.56. The summed E-state index contributed by atoms with van der Waals surface area (Å²) in [5, 5.41) is 25.5. The topological polar surface area (TPSA) is 172 Å². The van der Waals surface area contributed by atoms with Crippen LogP contribution in [0.2, 0.25) is 0 Å². The number of nitrogens with zero attached hydrogens (tertiary/aromatic N) is 5. The van der Waals surface area contributed by atoms with Crippen LogP contribution >= 0.6 is 0 Å². The number of non-ortho nitro benzene ring substituents is 2. The summed E-state index contributed by atoms with van der Waals surface area (Å²) in [6.45, 7) is 6.25.